The van der Waals surface area contributed by atoms with Crippen LogP contribution in [0.25, 0.3) is 0 Å². The summed E-state index contributed by atoms with van der Waals surface area (Å²) in [6.45, 7) is -1.47. The Morgan fingerprint density at radius 3 is 2.53 bits per heavy atom. The van der Waals surface area contributed by atoms with E-state index in [1.165, 1.54) is 0 Å². The highest BCUT2D eigenvalue weighted by Gasteiger charge is 2.28. The Labute approximate surface area is 81.6 Å². The lowest BCUT2D eigenvalue weighted by molar-refractivity contribution is -0.385. The molecular formula is C7H5F3N2O3. The van der Waals surface area contributed by atoms with E-state index >= 15 is 0 Å². The quantitative estimate of drug-likeness (QED) is 0.578. The van der Waals surface area contributed by atoms with Gasteiger partial charge in [0.05, 0.1) is 4.92 Å². The fraction of sp³-hybridized carbons (Fsp3) is 0.286. The molecule has 5 nitrogen and oxygen atoms in total. The van der Waals surface area contributed by atoms with Crippen molar-refractivity contribution >= 4 is 5.69 Å². The Morgan fingerprint density at radius 2 is 2.13 bits per heavy atom. The van der Waals surface area contributed by atoms with Crippen LogP contribution in [-0.2, 0) is 0 Å². The molecule has 0 amide bonds. The second-order valence-electron chi connectivity index (χ2n) is 2.52. The molecule has 0 fully saturated rings. The van der Waals surface area contributed by atoms with Crippen LogP contribution in [0.4, 0.5) is 18.9 Å². The molecular weight excluding hydrogens is 217 g/mol. The van der Waals surface area contributed by atoms with Crippen molar-refractivity contribution in [1.29, 1.82) is 0 Å². The summed E-state index contributed by atoms with van der Waals surface area (Å²) in [6, 6.07) is 2.02. The number of aromatic nitrogens is 1. The van der Waals surface area contributed by atoms with Gasteiger partial charge in [0.2, 0.25) is 5.88 Å². The van der Waals surface area contributed by atoms with Gasteiger partial charge in [0.15, 0.2) is 6.61 Å². The monoisotopic (exact) mass is 222 g/mol. The van der Waals surface area contributed by atoms with E-state index < -0.39 is 17.7 Å². The predicted molar refractivity (Wildman–Crippen MR) is 42.4 cm³/mol. The Balaban J connectivity index is 2.61. The summed E-state index contributed by atoms with van der Waals surface area (Å²) < 4.78 is 39.3. The minimum absolute atomic E-state index is 0.307. The third kappa shape index (κ3) is 3.79. The van der Waals surface area contributed by atoms with Gasteiger partial charge < -0.3 is 4.74 Å². The lowest BCUT2D eigenvalue weighted by Crippen LogP contribution is -2.19. The molecule has 0 aliphatic carbocycles. The first kappa shape index (κ1) is 11.2. The van der Waals surface area contributed by atoms with E-state index in [4.69, 9.17) is 0 Å². The van der Waals surface area contributed by atoms with Gasteiger partial charge >= 0.3 is 6.18 Å². The Hall–Kier alpha value is -1.86. The molecule has 0 bridgehead atoms. The maximum Gasteiger partial charge on any atom is 0.422 e. The molecule has 0 spiro atoms. The molecule has 0 saturated carbocycles. The number of pyridine rings is 1. The largest absolute Gasteiger partial charge is 0.468 e. The SMILES string of the molecule is O=[N+]([O-])c1ccc(OCC(F)(F)F)nc1. The van der Waals surface area contributed by atoms with Gasteiger partial charge in [-0.05, 0) is 0 Å². The number of nitrogens with zero attached hydrogens (tertiary/aromatic N) is 2. The van der Waals surface area contributed by atoms with Crippen molar-refractivity contribution in [2.24, 2.45) is 0 Å². The third-order valence-electron chi connectivity index (χ3n) is 1.32. The molecule has 0 unspecified atom stereocenters. The first-order valence-electron chi connectivity index (χ1n) is 3.68. The minimum atomic E-state index is -4.45. The summed E-state index contributed by atoms with van der Waals surface area (Å²) in [7, 11) is 0. The standard InChI is InChI=1S/C7H5F3N2O3/c8-7(9,10)4-15-6-2-1-5(3-11-6)12(13)14/h1-3H,4H2. The summed E-state index contributed by atoms with van der Waals surface area (Å²) in [5, 5.41) is 10.2. The molecule has 82 valence electrons. The number of nitro groups is 1. The van der Waals surface area contributed by atoms with Crippen LogP contribution >= 0.6 is 0 Å². The van der Waals surface area contributed by atoms with Crippen molar-refractivity contribution in [3.8, 4) is 5.88 Å². The summed E-state index contributed by atoms with van der Waals surface area (Å²) >= 11 is 0. The van der Waals surface area contributed by atoms with Gasteiger partial charge in [0.25, 0.3) is 5.69 Å². The van der Waals surface area contributed by atoms with Gasteiger partial charge in [0, 0.05) is 12.1 Å². The van der Waals surface area contributed by atoms with E-state index in [2.05, 4.69) is 9.72 Å². The zero-order valence-electron chi connectivity index (χ0n) is 7.19. The predicted octanol–water partition coefficient (Wildman–Crippen LogP) is 1.93. The normalized spacial score (nSPS) is 11.1. The molecule has 1 aromatic heterocycles. The van der Waals surface area contributed by atoms with Crippen molar-refractivity contribution in [3.05, 3.63) is 28.4 Å². The fourth-order valence-electron chi connectivity index (χ4n) is 0.722. The smallest absolute Gasteiger partial charge is 0.422 e. The Kier molecular flexibility index (Phi) is 3.08. The lowest BCUT2D eigenvalue weighted by atomic mass is 10.4. The number of hydrogen-bond acceptors (Lipinski definition) is 4. The molecule has 1 rings (SSSR count). The molecule has 0 saturated heterocycles. The van der Waals surface area contributed by atoms with Crippen LogP contribution in [-0.4, -0.2) is 22.7 Å². The summed E-state index contributed by atoms with van der Waals surface area (Å²) in [6.07, 6.45) is -3.63. The zero-order chi connectivity index (χ0) is 11.5. The second kappa shape index (κ2) is 4.11. The molecule has 0 aliphatic rings. The summed E-state index contributed by atoms with van der Waals surface area (Å²) in [4.78, 5) is 12.8. The maximum absolute atomic E-state index is 11.7. The zero-order valence-corrected chi connectivity index (χ0v) is 7.19. The second-order valence-corrected chi connectivity index (χ2v) is 2.52. The van der Waals surface area contributed by atoms with Gasteiger partial charge in [-0.25, -0.2) is 4.98 Å². The van der Waals surface area contributed by atoms with Crippen LogP contribution < -0.4 is 4.74 Å². The summed E-state index contributed by atoms with van der Waals surface area (Å²) in [5.41, 5.74) is -0.311. The van der Waals surface area contributed by atoms with Crippen molar-refractivity contribution < 1.29 is 22.8 Å². The molecule has 0 N–H and O–H groups in total. The highest BCUT2D eigenvalue weighted by molar-refractivity contribution is 5.28. The lowest BCUT2D eigenvalue weighted by Gasteiger charge is -2.07. The number of rotatable bonds is 3. The van der Waals surface area contributed by atoms with Crippen molar-refractivity contribution in [2.45, 2.75) is 6.18 Å². The number of halogens is 3. The Bertz CT molecular complexity index is 349. The van der Waals surface area contributed by atoms with E-state index in [0.717, 1.165) is 18.3 Å². The van der Waals surface area contributed by atoms with Gasteiger partial charge in [-0.3, -0.25) is 10.1 Å². The van der Waals surface area contributed by atoms with Crippen molar-refractivity contribution in [2.75, 3.05) is 6.61 Å². The van der Waals surface area contributed by atoms with Crippen LogP contribution in [0.5, 0.6) is 5.88 Å². The van der Waals surface area contributed by atoms with Crippen LogP contribution in [0.2, 0.25) is 0 Å². The highest BCUT2D eigenvalue weighted by Crippen LogP contribution is 2.18. The first-order chi connectivity index (χ1) is 6.88. The number of hydrogen-bond donors (Lipinski definition) is 0. The topological polar surface area (TPSA) is 65.3 Å². The van der Waals surface area contributed by atoms with E-state index in [9.17, 15) is 23.3 Å². The van der Waals surface area contributed by atoms with E-state index in [-0.39, 0.29) is 11.6 Å². The number of ether oxygens (including phenoxy) is 1. The van der Waals surface area contributed by atoms with E-state index in [1.807, 2.05) is 0 Å². The van der Waals surface area contributed by atoms with Gasteiger partial charge in [-0.2, -0.15) is 13.2 Å². The van der Waals surface area contributed by atoms with E-state index in [1.54, 1.807) is 0 Å². The van der Waals surface area contributed by atoms with Crippen LogP contribution in [0.15, 0.2) is 18.3 Å². The molecule has 0 aromatic carbocycles. The van der Waals surface area contributed by atoms with Crippen LogP contribution in [0, 0.1) is 10.1 Å². The fourth-order valence-corrected chi connectivity index (χ4v) is 0.722. The van der Waals surface area contributed by atoms with E-state index in [0.29, 0.717) is 0 Å². The van der Waals surface area contributed by atoms with Gasteiger partial charge in [-0.1, -0.05) is 0 Å². The molecule has 8 heteroatoms. The third-order valence-corrected chi connectivity index (χ3v) is 1.32. The molecule has 0 radical (unpaired) electrons. The van der Waals surface area contributed by atoms with Crippen LogP contribution in [0.1, 0.15) is 0 Å². The van der Waals surface area contributed by atoms with Gasteiger partial charge in [0.1, 0.15) is 6.20 Å². The Morgan fingerprint density at radius 1 is 1.47 bits per heavy atom. The molecule has 0 atom stereocenters. The maximum atomic E-state index is 11.7. The number of alkyl halides is 3. The van der Waals surface area contributed by atoms with Crippen molar-refractivity contribution in [1.82, 2.24) is 4.98 Å². The van der Waals surface area contributed by atoms with Gasteiger partial charge in [-0.15, -0.1) is 0 Å². The average molecular weight is 222 g/mol. The first-order valence-corrected chi connectivity index (χ1v) is 3.68. The van der Waals surface area contributed by atoms with Crippen molar-refractivity contribution in [3.63, 3.8) is 0 Å². The average Bonchev–Trinajstić information content (AvgIpc) is 2.14. The molecule has 0 aliphatic heterocycles. The molecule has 1 heterocycles. The molecule has 1 aromatic rings. The van der Waals surface area contributed by atoms with Crippen LogP contribution in [0.3, 0.4) is 0 Å². The summed E-state index contributed by atoms with van der Waals surface area (Å²) in [5.74, 6) is -0.307. The molecule has 15 heavy (non-hydrogen) atoms. The highest BCUT2D eigenvalue weighted by atomic mass is 19.4. The minimum Gasteiger partial charge on any atom is -0.468 e.